The lowest BCUT2D eigenvalue weighted by atomic mass is 10.0. The molecule has 0 unspecified atom stereocenters. The van der Waals surface area contributed by atoms with Gasteiger partial charge in [-0.1, -0.05) is 30.3 Å². The molecule has 70 valence electrons. The summed E-state index contributed by atoms with van der Waals surface area (Å²) in [6.07, 6.45) is 2.23. The zero-order chi connectivity index (χ0) is 9.10. The molecule has 1 aromatic carbocycles. The minimum Gasteiger partial charge on any atom is -0.372 e. The minimum atomic E-state index is 0.0941. The summed E-state index contributed by atoms with van der Waals surface area (Å²) >= 11 is 6.19. The third kappa shape index (κ3) is 2.04. The van der Waals surface area contributed by atoms with E-state index in [-0.39, 0.29) is 11.5 Å². The summed E-state index contributed by atoms with van der Waals surface area (Å²) in [6, 6.07) is 10.2. The SMILES string of the molecule is Cl[C@@H]1CCCO[C@@H]1c1ccccc1. The Balaban J connectivity index is 2.15. The zero-order valence-corrected chi connectivity index (χ0v) is 8.20. The van der Waals surface area contributed by atoms with Gasteiger partial charge in [-0.3, -0.25) is 0 Å². The van der Waals surface area contributed by atoms with Crippen molar-refractivity contribution in [2.75, 3.05) is 6.61 Å². The van der Waals surface area contributed by atoms with Crippen molar-refractivity contribution in [2.45, 2.75) is 24.3 Å². The summed E-state index contributed by atoms with van der Waals surface area (Å²) in [5.74, 6) is 0. The Morgan fingerprint density at radius 3 is 2.69 bits per heavy atom. The van der Waals surface area contributed by atoms with Crippen molar-refractivity contribution in [3.05, 3.63) is 35.9 Å². The number of alkyl halides is 1. The normalized spacial score (nSPS) is 28.7. The number of ether oxygens (including phenoxy) is 1. The van der Waals surface area contributed by atoms with Gasteiger partial charge in [-0.2, -0.15) is 0 Å². The molecule has 1 aliphatic rings. The van der Waals surface area contributed by atoms with Crippen LogP contribution in [-0.2, 0) is 4.74 Å². The lowest BCUT2D eigenvalue weighted by Gasteiger charge is -2.27. The van der Waals surface area contributed by atoms with Crippen molar-refractivity contribution >= 4 is 11.6 Å². The smallest absolute Gasteiger partial charge is 0.0988 e. The number of hydrogen-bond acceptors (Lipinski definition) is 1. The van der Waals surface area contributed by atoms with E-state index in [1.54, 1.807) is 0 Å². The number of halogens is 1. The topological polar surface area (TPSA) is 9.23 Å². The second-order valence-corrected chi connectivity index (χ2v) is 3.92. The van der Waals surface area contributed by atoms with Gasteiger partial charge < -0.3 is 4.74 Å². The average Bonchev–Trinajstić information content (AvgIpc) is 2.20. The largest absolute Gasteiger partial charge is 0.372 e. The molecule has 0 saturated carbocycles. The highest BCUT2D eigenvalue weighted by Gasteiger charge is 2.24. The predicted molar refractivity (Wildman–Crippen MR) is 54.0 cm³/mol. The van der Waals surface area contributed by atoms with Gasteiger partial charge in [0.15, 0.2) is 0 Å². The first-order valence-electron chi connectivity index (χ1n) is 4.68. The van der Waals surface area contributed by atoms with Gasteiger partial charge in [0.05, 0.1) is 11.5 Å². The molecule has 0 bridgehead atoms. The van der Waals surface area contributed by atoms with Crippen molar-refractivity contribution in [1.82, 2.24) is 0 Å². The highest BCUT2D eigenvalue weighted by Crippen LogP contribution is 2.31. The molecule has 1 aromatic rings. The summed E-state index contributed by atoms with van der Waals surface area (Å²) in [6.45, 7) is 0.836. The van der Waals surface area contributed by atoms with Gasteiger partial charge in [-0.05, 0) is 18.4 Å². The van der Waals surface area contributed by atoms with Gasteiger partial charge in [0.2, 0.25) is 0 Å². The Morgan fingerprint density at radius 2 is 2.00 bits per heavy atom. The van der Waals surface area contributed by atoms with Gasteiger partial charge >= 0.3 is 0 Å². The fourth-order valence-corrected chi connectivity index (χ4v) is 2.06. The Bertz CT molecular complexity index is 260. The molecule has 0 aromatic heterocycles. The van der Waals surface area contributed by atoms with Crippen LogP contribution < -0.4 is 0 Å². The first kappa shape index (κ1) is 9.04. The van der Waals surface area contributed by atoms with Crippen LogP contribution in [0.3, 0.4) is 0 Å². The molecule has 0 spiro atoms. The standard InChI is InChI=1S/C11H13ClO/c12-10-7-4-8-13-11(10)9-5-2-1-3-6-9/h1-3,5-6,10-11H,4,7-8H2/t10-,11-/m1/s1. The van der Waals surface area contributed by atoms with Gasteiger partial charge in [0.1, 0.15) is 0 Å². The van der Waals surface area contributed by atoms with Crippen molar-refractivity contribution in [1.29, 1.82) is 0 Å². The third-order valence-electron chi connectivity index (χ3n) is 2.38. The van der Waals surface area contributed by atoms with Crippen molar-refractivity contribution < 1.29 is 4.74 Å². The fraction of sp³-hybridized carbons (Fsp3) is 0.455. The number of rotatable bonds is 1. The maximum absolute atomic E-state index is 6.19. The first-order valence-corrected chi connectivity index (χ1v) is 5.12. The van der Waals surface area contributed by atoms with Gasteiger partial charge in [0, 0.05) is 6.61 Å². The molecule has 1 fully saturated rings. The van der Waals surface area contributed by atoms with Crippen molar-refractivity contribution in [3.8, 4) is 0 Å². The number of hydrogen-bond donors (Lipinski definition) is 0. The predicted octanol–water partition coefficient (Wildman–Crippen LogP) is 3.15. The summed E-state index contributed by atoms with van der Waals surface area (Å²) in [5.41, 5.74) is 1.20. The molecule has 13 heavy (non-hydrogen) atoms. The second-order valence-electron chi connectivity index (χ2n) is 3.36. The molecule has 1 aliphatic heterocycles. The fourth-order valence-electron chi connectivity index (χ4n) is 1.69. The van der Waals surface area contributed by atoms with E-state index >= 15 is 0 Å². The lowest BCUT2D eigenvalue weighted by Crippen LogP contribution is -2.22. The zero-order valence-electron chi connectivity index (χ0n) is 7.45. The van der Waals surface area contributed by atoms with Crippen LogP contribution in [0.15, 0.2) is 30.3 Å². The van der Waals surface area contributed by atoms with Crippen LogP contribution in [0.1, 0.15) is 24.5 Å². The highest BCUT2D eigenvalue weighted by atomic mass is 35.5. The van der Waals surface area contributed by atoms with Crippen LogP contribution in [0.4, 0.5) is 0 Å². The highest BCUT2D eigenvalue weighted by molar-refractivity contribution is 6.21. The molecular weight excluding hydrogens is 184 g/mol. The summed E-state index contributed by atoms with van der Waals surface area (Å²) in [5, 5.41) is 0.135. The summed E-state index contributed by atoms with van der Waals surface area (Å²) in [7, 11) is 0. The Hall–Kier alpha value is -0.530. The van der Waals surface area contributed by atoms with Gasteiger partial charge in [-0.15, -0.1) is 11.6 Å². The molecule has 2 atom stereocenters. The molecule has 1 nitrogen and oxygen atoms in total. The van der Waals surface area contributed by atoms with Gasteiger partial charge in [0.25, 0.3) is 0 Å². The monoisotopic (exact) mass is 196 g/mol. The molecule has 1 heterocycles. The molecule has 0 aliphatic carbocycles. The third-order valence-corrected chi connectivity index (χ3v) is 2.83. The van der Waals surface area contributed by atoms with E-state index in [4.69, 9.17) is 16.3 Å². The van der Waals surface area contributed by atoms with Crippen molar-refractivity contribution in [3.63, 3.8) is 0 Å². The quantitative estimate of drug-likeness (QED) is 0.627. The van der Waals surface area contributed by atoms with Gasteiger partial charge in [-0.25, -0.2) is 0 Å². The molecule has 0 N–H and O–H groups in total. The maximum Gasteiger partial charge on any atom is 0.0988 e. The Morgan fingerprint density at radius 1 is 1.23 bits per heavy atom. The van der Waals surface area contributed by atoms with Crippen LogP contribution in [0.2, 0.25) is 0 Å². The molecule has 2 rings (SSSR count). The van der Waals surface area contributed by atoms with Crippen LogP contribution in [0.25, 0.3) is 0 Å². The van der Waals surface area contributed by atoms with E-state index in [1.807, 2.05) is 18.2 Å². The second kappa shape index (κ2) is 4.12. The van der Waals surface area contributed by atoms with E-state index in [0.29, 0.717) is 0 Å². The van der Waals surface area contributed by atoms with Crippen molar-refractivity contribution in [2.24, 2.45) is 0 Å². The van der Waals surface area contributed by atoms with E-state index < -0.39 is 0 Å². The molecular formula is C11H13ClO. The lowest BCUT2D eigenvalue weighted by molar-refractivity contribution is 0.0184. The minimum absolute atomic E-state index is 0.0941. The van der Waals surface area contributed by atoms with E-state index in [2.05, 4.69) is 12.1 Å². The molecule has 1 saturated heterocycles. The van der Waals surface area contributed by atoms with Crippen LogP contribution in [-0.4, -0.2) is 12.0 Å². The molecule has 0 radical (unpaired) electrons. The maximum atomic E-state index is 6.19. The van der Waals surface area contributed by atoms with Crippen LogP contribution in [0.5, 0.6) is 0 Å². The number of benzene rings is 1. The molecule has 2 heteroatoms. The average molecular weight is 197 g/mol. The molecule has 0 amide bonds. The Labute approximate surface area is 83.7 Å². The first-order chi connectivity index (χ1) is 6.38. The van der Waals surface area contributed by atoms with E-state index in [1.165, 1.54) is 5.56 Å². The van der Waals surface area contributed by atoms with Crippen LogP contribution in [0, 0.1) is 0 Å². The summed E-state index contributed by atoms with van der Waals surface area (Å²) < 4.78 is 5.64. The van der Waals surface area contributed by atoms with E-state index in [9.17, 15) is 0 Å². The van der Waals surface area contributed by atoms with Crippen LogP contribution >= 0.6 is 11.6 Å². The summed E-state index contributed by atoms with van der Waals surface area (Å²) in [4.78, 5) is 0. The van der Waals surface area contributed by atoms with E-state index in [0.717, 1.165) is 19.4 Å². The Kier molecular flexibility index (Phi) is 2.87.